The highest BCUT2D eigenvalue weighted by molar-refractivity contribution is 6.12. The van der Waals surface area contributed by atoms with Crippen molar-refractivity contribution in [2.24, 2.45) is 0 Å². The van der Waals surface area contributed by atoms with E-state index in [0.717, 1.165) is 11.4 Å². The van der Waals surface area contributed by atoms with Gasteiger partial charge in [0, 0.05) is 22.5 Å². The summed E-state index contributed by atoms with van der Waals surface area (Å²) in [5.74, 6) is 0.647. The molecule has 0 heterocycles. The number of nitrogen functional groups attached to an aromatic ring is 2. The Balaban J connectivity index is 0.000000249. The molecule has 0 bridgehead atoms. The molecule has 122 valence electrons. The normalized spacial score (nSPS) is 9.54. The first kappa shape index (κ1) is 17.1. The Labute approximate surface area is 141 Å². The lowest BCUT2D eigenvalue weighted by Crippen LogP contribution is -2.04. The third kappa shape index (κ3) is 4.61. The minimum atomic E-state index is -0.0780. The number of benzene rings is 3. The Morgan fingerprint density at radius 1 is 0.792 bits per heavy atom. The summed E-state index contributed by atoms with van der Waals surface area (Å²) in [4.78, 5) is 12.1. The molecular weight excluding hydrogens is 300 g/mol. The largest absolute Gasteiger partial charge is 0.497 e. The Morgan fingerprint density at radius 2 is 1.38 bits per heavy atom. The quantitative estimate of drug-likeness (QED) is 0.568. The maximum absolute atomic E-state index is 12.1. The number of nitrogens with two attached hydrogens (primary N) is 2. The van der Waals surface area contributed by atoms with Gasteiger partial charge in [-0.25, -0.2) is 0 Å². The molecule has 4 nitrogen and oxygen atoms in total. The van der Waals surface area contributed by atoms with Gasteiger partial charge in [0.15, 0.2) is 5.78 Å². The molecule has 0 unspecified atom stereocenters. The predicted octanol–water partition coefficient (Wildman–Crippen LogP) is 3.78. The highest BCUT2D eigenvalue weighted by atomic mass is 16.5. The van der Waals surface area contributed by atoms with E-state index in [2.05, 4.69) is 0 Å². The van der Waals surface area contributed by atoms with Gasteiger partial charge in [0.2, 0.25) is 0 Å². The standard InChI is InChI=1S/C14H13NO2.C6H7N/c1-17-11-8-6-10(7-9-11)14(16)12-4-2-3-5-13(12)15;7-6-4-2-1-3-5-6/h2-9H,15H2,1H3;1-5H,7H2. The summed E-state index contributed by atoms with van der Waals surface area (Å²) in [7, 11) is 1.59. The molecule has 0 saturated heterocycles. The third-order valence-corrected chi connectivity index (χ3v) is 3.36. The van der Waals surface area contributed by atoms with Gasteiger partial charge in [0.25, 0.3) is 0 Å². The van der Waals surface area contributed by atoms with Gasteiger partial charge in [0.1, 0.15) is 5.75 Å². The maximum atomic E-state index is 12.1. The average Bonchev–Trinajstić information content (AvgIpc) is 2.63. The fraction of sp³-hybridized carbons (Fsp3) is 0.0500. The highest BCUT2D eigenvalue weighted by Gasteiger charge is 2.11. The summed E-state index contributed by atoms with van der Waals surface area (Å²) in [6.07, 6.45) is 0. The van der Waals surface area contributed by atoms with Gasteiger partial charge >= 0.3 is 0 Å². The van der Waals surface area contributed by atoms with Crippen molar-refractivity contribution < 1.29 is 9.53 Å². The average molecular weight is 320 g/mol. The molecule has 24 heavy (non-hydrogen) atoms. The topological polar surface area (TPSA) is 78.3 Å². The molecule has 3 rings (SSSR count). The van der Waals surface area contributed by atoms with Gasteiger partial charge in [-0.3, -0.25) is 4.79 Å². The van der Waals surface area contributed by atoms with Crippen molar-refractivity contribution in [1.29, 1.82) is 0 Å². The van der Waals surface area contributed by atoms with Crippen molar-refractivity contribution in [3.05, 3.63) is 90.0 Å². The van der Waals surface area contributed by atoms with Crippen molar-refractivity contribution in [1.82, 2.24) is 0 Å². The van der Waals surface area contributed by atoms with E-state index in [1.165, 1.54) is 0 Å². The van der Waals surface area contributed by atoms with Crippen molar-refractivity contribution >= 4 is 17.2 Å². The molecule has 3 aromatic carbocycles. The van der Waals surface area contributed by atoms with Crippen LogP contribution in [-0.2, 0) is 0 Å². The summed E-state index contributed by atoms with van der Waals surface area (Å²) in [5.41, 5.74) is 13.6. The van der Waals surface area contributed by atoms with E-state index in [1.54, 1.807) is 55.6 Å². The van der Waals surface area contributed by atoms with E-state index in [1.807, 2.05) is 30.3 Å². The second-order valence-corrected chi connectivity index (χ2v) is 5.06. The van der Waals surface area contributed by atoms with Crippen LogP contribution < -0.4 is 16.2 Å². The second kappa shape index (κ2) is 8.39. The Hall–Kier alpha value is -3.27. The number of para-hydroxylation sites is 2. The number of anilines is 2. The predicted molar refractivity (Wildman–Crippen MR) is 98.1 cm³/mol. The number of carbonyl (C=O) groups excluding carboxylic acids is 1. The zero-order valence-corrected chi connectivity index (χ0v) is 13.5. The second-order valence-electron chi connectivity index (χ2n) is 5.06. The monoisotopic (exact) mass is 320 g/mol. The lowest BCUT2D eigenvalue weighted by atomic mass is 10.0. The van der Waals surface area contributed by atoms with Crippen LogP contribution in [0.2, 0.25) is 0 Å². The van der Waals surface area contributed by atoms with E-state index in [9.17, 15) is 4.79 Å². The van der Waals surface area contributed by atoms with Gasteiger partial charge < -0.3 is 16.2 Å². The van der Waals surface area contributed by atoms with E-state index in [0.29, 0.717) is 16.8 Å². The molecule has 4 heteroatoms. The molecule has 0 fully saturated rings. The summed E-state index contributed by atoms with van der Waals surface area (Å²) < 4.78 is 5.04. The van der Waals surface area contributed by atoms with Gasteiger partial charge in [-0.15, -0.1) is 0 Å². The van der Waals surface area contributed by atoms with Crippen molar-refractivity contribution in [3.8, 4) is 5.75 Å². The molecule has 0 aliphatic rings. The molecule has 0 aromatic heterocycles. The molecule has 0 amide bonds. The molecule has 0 atom stereocenters. The van der Waals surface area contributed by atoms with Crippen LogP contribution in [0.25, 0.3) is 0 Å². The zero-order valence-electron chi connectivity index (χ0n) is 13.5. The third-order valence-electron chi connectivity index (χ3n) is 3.36. The lowest BCUT2D eigenvalue weighted by Gasteiger charge is -2.05. The Morgan fingerprint density at radius 3 is 1.88 bits per heavy atom. The number of hydrogen-bond acceptors (Lipinski definition) is 4. The van der Waals surface area contributed by atoms with Gasteiger partial charge in [-0.2, -0.15) is 0 Å². The Kier molecular flexibility index (Phi) is 5.97. The molecule has 0 aliphatic heterocycles. The number of hydrogen-bond donors (Lipinski definition) is 2. The maximum Gasteiger partial charge on any atom is 0.195 e. The number of ether oxygens (including phenoxy) is 1. The minimum Gasteiger partial charge on any atom is -0.497 e. The van der Waals surface area contributed by atoms with Crippen LogP contribution in [0.3, 0.4) is 0 Å². The van der Waals surface area contributed by atoms with Crippen LogP contribution in [0, 0.1) is 0 Å². The lowest BCUT2D eigenvalue weighted by molar-refractivity contribution is 0.103. The van der Waals surface area contributed by atoms with Gasteiger partial charge in [0.05, 0.1) is 7.11 Å². The zero-order chi connectivity index (χ0) is 17.4. The number of methoxy groups -OCH3 is 1. The van der Waals surface area contributed by atoms with E-state index in [4.69, 9.17) is 16.2 Å². The number of ketones is 1. The number of rotatable bonds is 3. The van der Waals surface area contributed by atoms with Gasteiger partial charge in [-0.05, 0) is 48.5 Å². The van der Waals surface area contributed by atoms with E-state index < -0.39 is 0 Å². The molecule has 0 radical (unpaired) electrons. The van der Waals surface area contributed by atoms with E-state index in [-0.39, 0.29) is 5.78 Å². The van der Waals surface area contributed by atoms with Gasteiger partial charge in [-0.1, -0.05) is 30.3 Å². The first-order valence-corrected chi connectivity index (χ1v) is 7.45. The highest BCUT2D eigenvalue weighted by Crippen LogP contribution is 2.18. The first-order valence-electron chi connectivity index (χ1n) is 7.45. The molecule has 0 spiro atoms. The van der Waals surface area contributed by atoms with E-state index >= 15 is 0 Å². The summed E-state index contributed by atoms with van der Waals surface area (Å²) in [5, 5.41) is 0. The fourth-order valence-electron chi connectivity index (χ4n) is 2.05. The molecule has 4 N–H and O–H groups in total. The molecule has 3 aromatic rings. The molecule has 0 saturated carbocycles. The van der Waals surface area contributed by atoms with Crippen molar-refractivity contribution in [2.75, 3.05) is 18.6 Å². The van der Waals surface area contributed by atoms with Crippen LogP contribution in [0.5, 0.6) is 5.75 Å². The fourth-order valence-corrected chi connectivity index (χ4v) is 2.05. The Bertz CT molecular complexity index is 784. The minimum absolute atomic E-state index is 0.0780. The van der Waals surface area contributed by atoms with Crippen LogP contribution in [0.4, 0.5) is 11.4 Å². The molecule has 0 aliphatic carbocycles. The number of carbonyl (C=O) groups is 1. The molecular formula is C20H20N2O2. The summed E-state index contributed by atoms with van der Waals surface area (Å²) in [6, 6.07) is 23.5. The van der Waals surface area contributed by atoms with Crippen molar-refractivity contribution in [3.63, 3.8) is 0 Å². The van der Waals surface area contributed by atoms with Crippen LogP contribution in [0.1, 0.15) is 15.9 Å². The summed E-state index contributed by atoms with van der Waals surface area (Å²) >= 11 is 0. The van der Waals surface area contributed by atoms with Crippen LogP contribution in [0.15, 0.2) is 78.9 Å². The smallest absolute Gasteiger partial charge is 0.195 e. The SMILES string of the molecule is COc1ccc(C(=O)c2ccccc2N)cc1.Nc1ccccc1. The summed E-state index contributed by atoms with van der Waals surface area (Å²) in [6.45, 7) is 0. The van der Waals surface area contributed by atoms with Crippen molar-refractivity contribution in [2.45, 2.75) is 0 Å². The first-order chi connectivity index (χ1) is 11.6. The van der Waals surface area contributed by atoms with Crippen LogP contribution in [-0.4, -0.2) is 12.9 Å². The van der Waals surface area contributed by atoms with Crippen LogP contribution >= 0.6 is 0 Å².